The highest BCUT2D eigenvalue weighted by atomic mass is 28.4. The second-order valence-electron chi connectivity index (χ2n) is 8.12. The minimum absolute atomic E-state index is 0.666. The zero-order chi connectivity index (χ0) is 22.5. The molecule has 0 amide bonds. The van der Waals surface area contributed by atoms with E-state index in [1.807, 2.05) is 18.2 Å². The number of nitriles is 1. The highest BCUT2D eigenvalue weighted by Crippen LogP contribution is 2.12. The maximum absolute atomic E-state index is 8.64. The molecule has 0 saturated carbocycles. The van der Waals surface area contributed by atoms with Crippen molar-refractivity contribution in [2.24, 2.45) is 5.16 Å². The number of oxime groups is 1. The average Bonchev–Trinajstić information content (AvgIpc) is 2.86. The van der Waals surface area contributed by atoms with Crippen molar-refractivity contribution in [3.8, 4) is 6.07 Å². The zero-order valence-corrected chi connectivity index (χ0v) is 19.9. The first kappa shape index (κ1) is 23.5. The van der Waals surface area contributed by atoms with Crippen LogP contribution >= 0.6 is 0 Å². The van der Waals surface area contributed by atoms with Crippen LogP contribution in [0.1, 0.15) is 51.9 Å². The molecule has 3 aromatic rings. The van der Waals surface area contributed by atoms with Gasteiger partial charge in [0, 0.05) is 6.42 Å². The van der Waals surface area contributed by atoms with E-state index in [2.05, 4.69) is 85.8 Å². The van der Waals surface area contributed by atoms with Gasteiger partial charge in [-0.05, 0) is 41.7 Å². The van der Waals surface area contributed by atoms with E-state index in [1.54, 1.807) is 0 Å². The predicted octanol–water partition coefficient (Wildman–Crippen LogP) is 5.30. The maximum Gasteiger partial charge on any atom is 0.380 e. The molecular formula is C28H32N2OSi. The fourth-order valence-electron chi connectivity index (χ4n) is 3.98. The summed E-state index contributed by atoms with van der Waals surface area (Å²) in [5.41, 5.74) is 1.03. The van der Waals surface area contributed by atoms with Crippen molar-refractivity contribution in [1.29, 1.82) is 5.26 Å². The third-order valence-electron chi connectivity index (χ3n) is 5.71. The summed E-state index contributed by atoms with van der Waals surface area (Å²) in [6, 6.07) is 33.8. The number of nitrogens with zero attached hydrogens (tertiary/aromatic N) is 2. The summed E-state index contributed by atoms with van der Waals surface area (Å²) in [5, 5.41) is 16.9. The molecule has 0 unspecified atom stereocenters. The van der Waals surface area contributed by atoms with Crippen LogP contribution in [0.5, 0.6) is 0 Å². The third kappa shape index (κ3) is 6.18. The standard InChI is InChI=1S/C28H32N2OSi/c1-25(17-9-4-2-3-5-16-24-29)30-31-32(26-18-10-6-11-19-26,27-20-12-7-13-21-27)28-22-14-8-15-23-28/h6-8,10-15,18-23H,2-5,9,16-17H2,1H3. The summed E-state index contributed by atoms with van der Waals surface area (Å²) in [6.07, 6.45) is 7.17. The van der Waals surface area contributed by atoms with E-state index in [0.29, 0.717) is 6.42 Å². The van der Waals surface area contributed by atoms with Gasteiger partial charge in [-0.25, -0.2) is 0 Å². The molecule has 3 nitrogen and oxygen atoms in total. The Morgan fingerprint density at radius 3 is 1.62 bits per heavy atom. The number of unbranched alkanes of at least 4 members (excludes halogenated alkanes) is 5. The number of benzene rings is 3. The van der Waals surface area contributed by atoms with Crippen LogP contribution in [-0.4, -0.2) is 14.0 Å². The van der Waals surface area contributed by atoms with E-state index in [-0.39, 0.29) is 0 Å². The lowest BCUT2D eigenvalue weighted by Crippen LogP contribution is -2.68. The first-order valence-electron chi connectivity index (χ1n) is 11.5. The smallest absolute Gasteiger partial charge is 0.380 e. The Kier molecular flexibility index (Phi) is 9.28. The molecule has 32 heavy (non-hydrogen) atoms. The highest BCUT2D eigenvalue weighted by molar-refractivity contribution is 7.07. The average molecular weight is 441 g/mol. The van der Waals surface area contributed by atoms with Gasteiger partial charge in [0.25, 0.3) is 0 Å². The van der Waals surface area contributed by atoms with Crippen LogP contribution in [0.25, 0.3) is 0 Å². The van der Waals surface area contributed by atoms with Gasteiger partial charge in [0.15, 0.2) is 0 Å². The van der Waals surface area contributed by atoms with Crippen molar-refractivity contribution in [3.05, 3.63) is 91.0 Å². The molecule has 0 aliphatic rings. The Labute approximate surface area is 193 Å². The summed E-state index contributed by atoms with van der Waals surface area (Å²) in [7, 11) is -2.77. The summed E-state index contributed by atoms with van der Waals surface area (Å²) in [6.45, 7) is 2.07. The maximum atomic E-state index is 8.64. The van der Waals surface area contributed by atoms with Gasteiger partial charge in [0.1, 0.15) is 0 Å². The molecule has 0 heterocycles. The van der Waals surface area contributed by atoms with Crippen LogP contribution in [-0.2, 0) is 4.53 Å². The molecule has 0 aromatic heterocycles. The van der Waals surface area contributed by atoms with Gasteiger partial charge in [-0.1, -0.05) is 110 Å². The molecule has 0 bridgehead atoms. The van der Waals surface area contributed by atoms with Crippen LogP contribution in [0.15, 0.2) is 96.2 Å². The van der Waals surface area contributed by atoms with Crippen molar-refractivity contribution < 1.29 is 4.53 Å². The molecule has 0 spiro atoms. The SMILES string of the molecule is CC(CCCCCCCC#N)=NO[Si](c1ccccc1)(c1ccccc1)c1ccccc1. The second-order valence-corrected chi connectivity index (χ2v) is 11.4. The monoisotopic (exact) mass is 440 g/mol. The summed E-state index contributed by atoms with van der Waals surface area (Å²) >= 11 is 0. The Bertz CT molecular complexity index is 901. The molecule has 4 heteroatoms. The van der Waals surface area contributed by atoms with E-state index in [1.165, 1.54) is 22.0 Å². The molecule has 0 radical (unpaired) electrons. The molecule has 0 aliphatic carbocycles. The zero-order valence-electron chi connectivity index (χ0n) is 18.9. The second kappa shape index (κ2) is 12.6. The molecule has 0 atom stereocenters. The van der Waals surface area contributed by atoms with E-state index >= 15 is 0 Å². The Balaban J connectivity index is 1.84. The van der Waals surface area contributed by atoms with Crippen molar-refractivity contribution in [2.45, 2.75) is 51.9 Å². The molecular weight excluding hydrogens is 408 g/mol. The van der Waals surface area contributed by atoms with Crippen LogP contribution in [0.3, 0.4) is 0 Å². The first-order chi connectivity index (χ1) is 15.8. The Morgan fingerprint density at radius 2 is 1.16 bits per heavy atom. The quantitative estimate of drug-likeness (QED) is 0.126. The lowest BCUT2D eigenvalue weighted by molar-refractivity contribution is 0.346. The number of hydrogen-bond acceptors (Lipinski definition) is 3. The molecule has 0 N–H and O–H groups in total. The molecule has 0 fully saturated rings. The van der Waals surface area contributed by atoms with E-state index in [0.717, 1.165) is 37.8 Å². The normalized spacial score (nSPS) is 11.7. The van der Waals surface area contributed by atoms with E-state index < -0.39 is 8.32 Å². The highest BCUT2D eigenvalue weighted by Gasteiger charge is 2.44. The summed E-state index contributed by atoms with van der Waals surface area (Å²) in [4.78, 5) is 0. The fourth-order valence-corrected chi connectivity index (χ4v) is 7.58. The fraction of sp³-hybridized carbons (Fsp3) is 0.286. The van der Waals surface area contributed by atoms with Gasteiger partial charge in [-0.3, -0.25) is 0 Å². The Morgan fingerprint density at radius 1 is 0.719 bits per heavy atom. The van der Waals surface area contributed by atoms with Gasteiger partial charge in [-0.15, -0.1) is 5.16 Å². The van der Waals surface area contributed by atoms with E-state index in [9.17, 15) is 0 Å². The molecule has 0 aliphatic heterocycles. The van der Waals surface area contributed by atoms with Crippen molar-refractivity contribution in [1.82, 2.24) is 0 Å². The van der Waals surface area contributed by atoms with Crippen molar-refractivity contribution in [3.63, 3.8) is 0 Å². The predicted molar refractivity (Wildman–Crippen MR) is 136 cm³/mol. The topological polar surface area (TPSA) is 45.4 Å². The largest absolute Gasteiger partial charge is 0.438 e. The molecule has 3 aromatic carbocycles. The number of rotatable bonds is 12. The first-order valence-corrected chi connectivity index (χ1v) is 13.4. The lowest BCUT2D eigenvalue weighted by Gasteiger charge is -2.30. The van der Waals surface area contributed by atoms with Crippen LogP contribution < -0.4 is 15.6 Å². The van der Waals surface area contributed by atoms with Crippen LogP contribution in [0, 0.1) is 11.3 Å². The van der Waals surface area contributed by atoms with Gasteiger partial charge in [0.2, 0.25) is 0 Å². The van der Waals surface area contributed by atoms with Crippen LogP contribution in [0.2, 0.25) is 0 Å². The van der Waals surface area contributed by atoms with Gasteiger partial charge in [-0.2, -0.15) is 5.26 Å². The number of hydrogen-bond donors (Lipinski definition) is 0. The van der Waals surface area contributed by atoms with Gasteiger partial charge >= 0.3 is 8.32 Å². The van der Waals surface area contributed by atoms with Crippen LogP contribution in [0.4, 0.5) is 0 Å². The van der Waals surface area contributed by atoms with Crippen molar-refractivity contribution >= 4 is 29.6 Å². The third-order valence-corrected chi connectivity index (χ3v) is 9.51. The van der Waals surface area contributed by atoms with Crippen molar-refractivity contribution in [2.75, 3.05) is 0 Å². The lowest BCUT2D eigenvalue weighted by atomic mass is 10.1. The summed E-state index contributed by atoms with van der Waals surface area (Å²) in [5.74, 6) is 0. The van der Waals surface area contributed by atoms with Gasteiger partial charge < -0.3 is 4.53 Å². The minimum atomic E-state index is -2.77. The molecule has 0 saturated heterocycles. The molecule has 164 valence electrons. The summed E-state index contributed by atoms with van der Waals surface area (Å²) < 4.78 is 6.65. The van der Waals surface area contributed by atoms with E-state index in [4.69, 9.17) is 14.9 Å². The Hall–Kier alpha value is -3.16. The molecule has 3 rings (SSSR count). The minimum Gasteiger partial charge on any atom is -0.438 e. The van der Waals surface area contributed by atoms with Gasteiger partial charge in [0.05, 0.1) is 11.8 Å².